The van der Waals surface area contributed by atoms with Gasteiger partial charge >= 0.3 is 6.03 Å². The Balaban J connectivity index is 2.89. The van der Waals surface area contributed by atoms with Gasteiger partial charge in [0.05, 0.1) is 10.7 Å². The smallest absolute Gasteiger partial charge is 0.328 e. The SMILES string of the molecule is CN(C(=N)N)C(=O)Nc1c(F)cccc1Cl. The summed E-state index contributed by atoms with van der Waals surface area (Å²) in [5, 5.41) is 9.31. The number of anilines is 1. The van der Waals surface area contributed by atoms with E-state index in [0.717, 1.165) is 11.0 Å². The van der Waals surface area contributed by atoms with E-state index in [2.05, 4.69) is 5.32 Å². The highest BCUT2D eigenvalue weighted by Gasteiger charge is 2.15. The van der Waals surface area contributed by atoms with E-state index in [1.807, 2.05) is 0 Å². The van der Waals surface area contributed by atoms with E-state index in [9.17, 15) is 9.18 Å². The molecular weight excluding hydrogens is 235 g/mol. The molecule has 0 atom stereocenters. The van der Waals surface area contributed by atoms with Gasteiger partial charge in [-0.2, -0.15) is 0 Å². The summed E-state index contributed by atoms with van der Waals surface area (Å²) in [5.41, 5.74) is 4.95. The van der Waals surface area contributed by atoms with Gasteiger partial charge in [0.1, 0.15) is 5.82 Å². The topological polar surface area (TPSA) is 82.2 Å². The summed E-state index contributed by atoms with van der Waals surface area (Å²) < 4.78 is 13.3. The van der Waals surface area contributed by atoms with E-state index in [4.69, 9.17) is 22.7 Å². The number of nitrogens with two attached hydrogens (primary N) is 1. The maximum atomic E-state index is 13.3. The Labute approximate surface area is 96.5 Å². The van der Waals surface area contributed by atoms with E-state index in [1.54, 1.807) is 0 Å². The normalized spacial score (nSPS) is 9.69. The van der Waals surface area contributed by atoms with Crippen LogP contribution in [-0.2, 0) is 0 Å². The van der Waals surface area contributed by atoms with Crippen molar-refractivity contribution in [3.05, 3.63) is 29.0 Å². The zero-order valence-electron chi connectivity index (χ0n) is 8.42. The van der Waals surface area contributed by atoms with Gasteiger partial charge in [0, 0.05) is 7.05 Å². The third kappa shape index (κ3) is 2.60. The molecule has 0 radical (unpaired) electrons. The van der Waals surface area contributed by atoms with Gasteiger partial charge in [0.15, 0.2) is 5.96 Å². The number of guanidine groups is 1. The Morgan fingerprint density at radius 1 is 1.62 bits per heavy atom. The monoisotopic (exact) mass is 244 g/mol. The zero-order valence-corrected chi connectivity index (χ0v) is 9.18. The number of benzene rings is 1. The molecule has 0 saturated carbocycles. The first-order valence-corrected chi connectivity index (χ1v) is 4.64. The van der Waals surface area contributed by atoms with Crippen LogP contribution in [0.3, 0.4) is 0 Å². The highest BCUT2D eigenvalue weighted by Crippen LogP contribution is 2.24. The van der Waals surface area contributed by atoms with Gasteiger partial charge in [0.2, 0.25) is 0 Å². The van der Waals surface area contributed by atoms with Crippen molar-refractivity contribution in [2.45, 2.75) is 0 Å². The van der Waals surface area contributed by atoms with Crippen molar-refractivity contribution in [3.63, 3.8) is 0 Å². The first-order valence-electron chi connectivity index (χ1n) is 4.26. The molecule has 16 heavy (non-hydrogen) atoms. The quantitative estimate of drug-likeness (QED) is 0.520. The minimum absolute atomic E-state index is 0.0744. The summed E-state index contributed by atoms with van der Waals surface area (Å²) in [5.74, 6) is -1.11. The Bertz CT molecular complexity index is 417. The lowest BCUT2D eigenvalue weighted by atomic mass is 10.3. The fraction of sp³-hybridized carbons (Fsp3) is 0.111. The fourth-order valence-electron chi connectivity index (χ4n) is 0.917. The lowest BCUT2D eigenvalue weighted by Crippen LogP contribution is -2.40. The molecule has 0 fully saturated rings. The number of halogens is 2. The molecular formula is C9H10ClFN4O. The van der Waals surface area contributed by atoms with Crippen LogP contribution in [0.4, 0.5) is 14.9 Å². The third-order valence-corrected chi connectivity index (χ3v) is 2.18. The minimum atomic E-state index is -0.737. The zero-order chi connectivity index (χ0) is 12.3. The first kappa shape index (κ1) is 12.3. The molecule has 86 valence electrons. The molecule has 0 aromatic heterocycles. The number of urea groups is 1. The molecule has 5 nitrogen and oxygen atoms in total. The van der Waals surface area contributed by atoms with Crippen molar-refractivity contribution in [2.75, 3.05) is 12.4 Å². The van der Waals surface area contributed by atoms with Crippen LogP contribution in [0, 0.1) is 11.2 Å². The van der Waals surface area contributed by atoms with Crippen LogP contribution < -0.4 is 11.1 Å². The maximum Gasteiger partial charge on any atom is 0.328 e. The molecule has 1 rings (SSSR count). The molecule has 2 amide bonds. The number of nitrogens with zero attached hydrogens (tertiary/aromatic N) is 1. The maximum absolute atomic E-state index is 13.3. The summed E-state index contributed by atoms with van der Waals surface area (Å²) in [7, 11) is 1.28. The van der Waals surface area contributed by atoms with E-state index >= 15 is 0 Å². The van der Waals surface area contributed by atoms with Crippen LogP contribution in [0.2, 0.25) is 5.02 Å². The number of hydrogen-bond acceptors (Lipinski definition) is 2. The molecule has 0 aliphatic heterocycles. The van der Waals surface area contributed by atoms with E-state index < -0.39 is 17.8 Å². The van der Waals surface area contributed by atoms with Gasteiger partial charge in [-0.05, 0) is 12.1 Å². The number of rotatable bonds is 1. The molecule has 0 bridgehead atoms. The van der Waals surface area contributed by atoms with Gasteiger partial charge in [-0.25, -0.2) is 9.18 Å². The largest absolute Gasteiger partial charge is 0.370 e. The predicted octanol–water partition coefficient (Wildman–Crippen LogP) is 1.84. The summed E-state index contributed by atoms with van der Waals surface area (Å²) in [6, 6.07) is 3.28. The summed E-state index contributed by atoms with van der Waals surface area (Å²) in [6.45, 7) is 0. The van der Waals surface area contributed by atoms with Gasteiger partial charge < -0.3 is 11.1 Å². The van der Waals surface area contributed by atoms with Crippen molar-refractivity contribution in [1.82, 2.24) is 4.90 Å². The molecule has 4 N–H and O–H groups in total. The van der Waals surface area contributed by atoms with Crippen LogP contribution >= 0.6 is 11.6 Å². The number of hydrogen-bond donors (Lipinski definition) is 3. The molecule has 1 aromatic rings. The highest BCUT2D eigenvalue weighted by atomic mass is 35.5. The van der Waals surface area contributed by atoms with Crippen molar-refractivity contribution in [3.8, 4) is 0 Å². The fourth-order valence-corrected chi connectivity index (χ4v) is 1.13. The van der Waals surface area contributed by atoms with Gasteiger partial charge in [0.25, 0.3) is 0 Å². The molecule has 0 unspecified atom stereocenters. The average molecular weight is 245 g/mol. The van der Waals surface area contributed by atoms with Crippen molar-refractivity contribution < 1.29 is 9.18 Å². The average Bonchev–Trinajstić information content (AvgIpc) is 2.22. The molecule has 1 aromatic carbocycles. The van der Waals surface area contributed by atoms with Gasteiger partial charge in [-0.3, -0.25) is 10.3 Å². The molecule has 0 aliphatic rings. The molecule has 0 heterocycles. The Hall–Kier alpha value is -1.82. The summed E-state index contributed by atoms with van der Waals surface area (Å²) in [6.07, 6.45) is 0. The molecule has 0 aliphatic carbocycles. The first-order chi connectivity index (χ1) is 7.43. The Morgan fingerprint density at radius 3 is 2.75 bits per heavy atom. The van der Waals surface area contributed by atoms with E-state index in [0.29, 0.717) is 0 Å². The van der Waals surface area contributed by atoms with Crippen molar-refractivity contribution >= 4 is 29.3 Å². The molecule has 0 saturated heterocycles. The molecule has 0 spiro atoms. The second-order valence-corrected chi connectivity index (χ2v) is 3.38. The lowest BCUT2D eigenvalue weighted by molar-refractivity contribution is 0.238. The lowest BCUT2D eigenvalue weighted by Gasteiger charge is -2.16. The summed E-state index contributed by atoms with van der Waals surface area (Å²) >= 11 is 5.70. The standard InChI is InChI=1S/C9H10ClFN4O/c1-15(8(12)13)9(16)14-7-5(10)3-2-4-6(7)11/h2-4H,1H3,(H3,12,13)(H,14,16). The van der Waals surface area contributed by atoms with Crippen LogP contribution in [0.25, 0.3) is 0 Å². The van der Waals surface area contributed by atoms with E-state index in [1.165, 1.54) is 19.2 Å². The number of carbonyl (C=O) groups excluding carboxylic acids is 1. The van der Waals surface area contributed by atoms with E-state index in [-0.39, 0.29) is 10.7 Å². The van der Waals surface area contributed by atoms with Gasteiger partial charge in [-0.15, -0.1) is 0 Å². The summed E-state index contributed by atoms with van der Waals surface area (Å²) in [4.78, 5) is 12.2. The van der Waals surface area contributed by atoms with Crippen LogP contribution in [0.15, 0.2) is 18.2 Å². The van der Waals surface area contributed by atoms with Crippen LogP contribution in [0.5, 0.6) is 0 Å². The number of para-hydroxylation sites is 1. The van der Waals surface area contributed by atoms with Crippen molar-refractivity contribution in [2.24, 2.45) is 5.73 Å². The Kier molecular flexibility index (Phi) is 3.68. The van der Waals surface area contributed by atoms with Gasteiger partial charge in [-0.1, -0.05) is 17.7 Å². The predicted molar refractivity (Wildman–Crippen MR) is 60.1 cm³/mol. The third-order valence-electron chi connectivity index (χ3n) is 1.86. The van der Waals surface area contributed by atoms with Crippen molar-refractivity contribution in [1.29, 1.82) is 5.41 Å². The number of carbonyl (C=O) groups is 1. The van der Waals surface area contributed by atoms with Crippen LogP contribution in [0.1, 0.15) is 0 Å². The second-order valence-electron chi connectivity index (χ2n) is 2.97. The van der Waals surface area contributed by atoms with Crippen LogP contribution in [-0.4, -0.2) is 23.9 Å². The second kappa shape index (κ2) is 4.80. The highest BCUT2D eigenvalue weighted by molar-refractivity contribution is 6.33. The Morgan fingerprint density at radius 2 is 2.25 bits per heavy atom. The molecule has 7 heteroatoms. The minimum Gasteiger partial charge on any atom is -0.370 e. The number of amides is 2. The number of nitrogens with one attached hydrogen (secondary N) is 2.